The predicted molar refractivity (Wildman–Crippen MR) is 73.6 cm³/mol. The van der Waals surface area contributed by atoms with Gasteiger partial charge in [-0.15, -0.1) is 0 Å². The molecule has 2 N–H and O–H groups in total. The van der Waals surface area contributed by atoms with E-state index in [1.54, 1.807) is 11.9 Å². The summed E-state index contributed by atoms with van der Waals surface area (Å²) >= 11 is 0. The van der Waals surface area contributed by atoms with Crippen molar-refractivity contribution in [3.05, 3.63) is 0 Å². The van der Waals surface area contributed by atoms with Crippen molar-refractivity contribution in [2.24, 2.45) is 5.92 Å². The van der Waals surface area contributed by atoms with Crippen molar-refractivity contribution in [3.8, 4) is 0 Å². The van der Waals surface area contributed by atoms with Gasteiger partial charge in [0.2, 0.25) is 11.8 Å². The number of likely N-dealkylation sites (tertiary alicyclic amines) is 1. The zero-order valence-corrected chi connectivity index (χ0v) is 11.8. The Balaban J connectivity index is 1.79. The van der Waals surface area contributed by atoms with Gasteiger partial charge in [0.25, 0.3) is 0 Å². The molecule has 2 aliphatic heterocycles. The smallest absolute Gasteiger partial charge is 0.242 e. The molecule has 2 heterocycles. The second kappa shape index (κ2) is 6.89. The Morgan fingerprint density at radius 2 is 2.00 bits per heavy atom. The van der Waals surface area contributed by atoms with E-state index < -0.39 is 0 Å². The summed E-state index contributed by atoms with van der Waals surface area (Å²) in [4.78, 5) is 25.7. The van der Waals surface area contributed by atoms with Crippen molar-refractivity contribution in [1.82, 2.24) is 15.5 Å². The minimum Gasteiger partial charge on any atom is -0.357 e. The van der Waals surface area contributed by atoms with Gasteiger partial charge in [-0.3, -0.25) is 9.59 Å². The van der Waals surface area contributed by atoms with Gasteiger partial charge < -0.3 is 15.5 Å². The molecule has 2 rings (SSSR count). The first kappa shape index (κ1) is 14.3. The highest BCUT2D eigenvalue weighted by Gasteiger charge is 2.33. The van der Waals surface area contributed by atoms with Crippen LogP contribution in [0.1, 0.15) is 38.5 Å². The fourth-order valence-electron chi connectivity index (χ4n) is 3.15. The van der Waals surface area contributed by atoms with Crippen molar-refractivity contribution in [2.75, 3.05) is 26.7 Å². The van der Waals surface area contributed by atoms with Gasteiger partial charge in [0.1, 0.15) is 6.04 Å². The van der Waals surface area contributed by atoms with Crippen LogP contribution in [0.5, 0.6) is 0 Å². The predicted octanol–water partition coefficient (Wildman–Crippen LogP) is 0.503. The zero-order valence-electron chi connectivity index (χ0n) is 11.8. The Bertz CT molecular complexity index is 327. The normalized spacial score (nSPS) is 24.5. The van der Waals surface area contributed by atoms with E-state index in [9.17, 15) is 9.59 Å². The van der Waals surface area contributed by atoms with E-state index in [1.165, 1.54) is 12.8 Å². The van der Waals surface area contributed by atoms with Crippen molar-refractivity contribution >= 4 is 11.8 Å². The average molecular weight is 267 g/mol. The van der Waals surface area contributed by atoms with Crippen LogP contribution in [-0.2, 0) is 9.59 Å². The van der Waals surface area contributed by atoms with Crippen LogP contribution in [0.4, 0.5) is 0 Å². The lowest BCUT2D eigenvalue weighted by Gasteiger charge is -2.26. The molecule has 108 valence electrons. The van der Waals surface area contributed by atoms with E-state index in [-0.39, 0.29) is 17.9 Å². The van der Waals surface area contributed by atoms with Gasteiger partial charge in [-0.05, 0) is 51.1 Å². The fraction of sp³-hybridized carbons (Fsp3) is 0.857. The first-order valence-corrected chi connectivity index (χ1v) is 7.44. The lowest BCUT2D eigenvalue weighted by Crippen LogP contribution is -2.45. The summed E-state index contributed by atoms with van der Waals surface area (Å²) in [6.45, 7) is 2.88. The molecule has 2 amide bonds. The van der Waals surface area contributed by atoms with Crippen molar-refractivity contribution in [2.45, 2.75) is 44.6 Å². The number of hydrogen-bond donors (Lipinski definition) is 2. The second-order valence-electron chi connectivity index (χ2n) is 5.59. The molecule has 19 heavy (non-hydrogen) atoms. The lowest BCUT2D eigenvalue weighted by molar-refractivity contribution is -0.138. The molecular weight excluding hydrogens is 242 g/mol. The maximum atomic E-state index is 12.2. The molecule has 0 aromatic heterocycles. The van der Waals surface area contributed by atoms with Crippen LogP contribution in [-0.4, -0.2) is 49.4 Å². The standard InChI is InChI=1S/C14H25N3O2/c1-15-14(19)12-3-2-10-17(12)13(18)5-4-11-6-8-16-9-7-11/h11-12,16H,2-10H2,1H3,(H,15,19). The van der Waals surface area contributed by atoms with E-state index >= 15 is 0 Å². The number of nitrogens with one attached hydrogen (secondary N) is 2. The van der Waals surface area contributed by atoms with E-state index in [4.69, 9.17) is 0 Å². The van der Waals surface area contributed by atoms with Gasteiger partial charge in [0, 0.05) is 20.0 Å². The van der Waals surface area contributed by atoms with Gasteiger partial charge in [-0.2, -0.15) is 0 Å². The van der Waals surface area contributed by atoms with E-state index in [0.29, 0.717) is 12.3 Å². The number of piperidine rings is 1. The number of nitrogens with zero attached hydrogens (tertiary/aromatic N) is 1. The molecule has 0 radical (unpaired) electrons. The number of rotatable bonds is 4. The topological polar surface area (TPSA) is 61.4 Å². The number of likely N-dealkylation sites (N-methyl/N-ethyl adjacent to an activating group) is 1. The Morgan fingerprint density at radius 1 is 1.26 bits per heavy atom. The third kappa shape index (κ3) is 3.69. The molecule has 0 bridgehead atoms. The molecule has 5 heteroatoms. The summed E-state index contributed by atoms with van der Waals surface area (Å²) in [5.41, 5.74) is 0. The van der Waals surface area contributed by atoms with Gasteiger partial charge in [0.15, 0.2) is 0 Å². The minimum absolute atomic E-state index is 0.0206. The number of carbonyl (C=O) groups is 2. The van der Waals surface area contributed by atoms with Crippen molar-refractivity contribution < 1.29 is 9.59 Å². The molecule has 0 aromatic carbocycles. The van der Waals surface area contributed by atoms with Gasteiger partial charge in [-0.25, -0.2) is 0 Å². The largest absolute Gasteiger partial charge is 0.357 e. The maximum absolute atomic E-state index is 12.2. The second-order valence-corrected chi connectivity index (χ2v) is 5.59. The van der Waals surface area contributed by atoms with E-state index in [2.05, 4.69) is 10.6 Å². The summed E-state index contributed by atoms with van der Waals surface area (Å²) in [6.07, 6.45) is 5.66. The van der Waals surface area contributed by atoms with Crippen LogP contribution >= 0.6 is 0 Å². The van der Waals surface area contributed by atoms with Crippen molar-refractivity contribution in [3.63, 3.8) is 0 Å². The third-order valence-corrected chi connectivity index (χ3v) is 4.35. The van der Waals surface area contributed by atoms with E-state index in [1.807, 2.05) is 0 Å². The Labute approximate surface area is 115 Å². The van der Waals surface area contributed by atoms with Crippen LogP contribution in [0.25, 0.3) is 0 Å². The molecule has 0 aromatic rings. The molecule has 2 fully saturated rings. The molecule has 5 nitrogen and oxygen atoms in total. The van der Waals surface area contributed by atoms with Crippen LogP contribution in [0, 0.1) is 5.92 Å². The van der Waals surface area contributed by atoms with Crippen LogP contribution in [0.15, 0.2) is 0 Å². The molecule has 0 saturated carbocycles. The molecule has 2 saturated heterocycles. The summed E-state index contributed by atoms with van der Waals surface area (Å²) in [6, 6.07) is -0.231. The first-order chi connectivity index (χ1) is 9.22. The minimum atomic E-state index is -0.231. The third-order valence-electron chi connectivity index (χ3n) is 4.35. The number of hydrogen-bond acceptors (Lipinski definition) is 3. The summed E-state index contributed by atoms with van der Waals surface area (Å²) < 4.78 is 0. The molecule has 1 atom stereocenters. The fourth-order valence-corrected chi connectivity index (χ4v) is 3.15. The van der Waals surface area contributed by atoms with Gasteiger partial charge in [-0.1, -0.05) is 0 Å². The Morgan fingerprint density at radius 3 is 2.68 bits per heavy atom. The summed E-state index contributed by atoms with van der Waals surface area (Å²) in [5.74, 6) is 0.809. The van der Waals surface area contributed by atoms with Crippen LogP contribution in [0.3, 0.4) is 0 Å². The molecule has 0 aliphatic carbocycles. The highest BCUT2D eigenvalue weighted by atomic mass is 16.2. The van der Waals surface area contributed by atoms with E-state index in [0.717, 1.165) is 38.9 Å². The maximum Gasteiger partial charge on any atom is 0.242 e. The molecule has 1 unspecified atom stereocenters. The molecule has 0 spiro atoms. The molecule has 2 aliphatic rings. The average Bonchev–Trinajstić information content (AvgIpc) is 2.94. The van der Waals surface area contributed by atoms with Gasteiger partial charge >= 0.3 is 0 Å². The highest BCUT2D eigenvalue weighted by molar-refractivity contribution is 5.88. The summed E-state index contributed by atoms with van der Waals surface area (Å²) in [5, 5.41) is 5.99. The Kier molecular flexibility index (Phi) is 5.19. The zero-order chi connectivity index (χ0) is 13.7. The number of carbonyl (C=O) groups excluding carboxylic acids is 2. The highest BCUT2D eigenvalue weighted by Crippen LogP contribution is 2.22. The molecular formula is C14H25N3O2. The first-order valence-electron chi connectivity index (χ1n) is 7.44. The quantitative estimate of drug-likeness (QED) is 0.780. The SMILES string of the molecule is CNC(=O)C1CCCN1C(=O)CCC1CCNCC1. The Hall–Kier alpha value is -1.10. The van der Waals surface area contributed by atoms with Gasteiger partial charge in [0.05, 0.1) is 0 Å². The number of amides is 2. The lowest BCUT2D eigenvalue weighted by atomic mass is 9.93. The summed E-state index contributed by atoms with van der Waals surface area (Å²) in [7, 11) is 1.64. The monoisotopic (exact) mass is 267 g/mol. The van der Waals surface area contributed by atoms with Crippen molar-refractivity contribution in [1.29, 1.82) is 0 Å². The van der Waals surface area contributed by atoms with Crippen LogP contribution < -0.4 is 10.6 Å². The van der Waals surface area contributed by atoms with Crippen LogP contribution in [0.2, 0.25) is 0 Å².